The summed E-state index contributed by atoms with van der Waals surface area (Å²) < 4.78 is 16.3. The van der Waals surface area contributed by atoms with E-state index in [1.165, 1.54) is 96.3 Å². The van der Waals surface area contributed by atoms with Crippen molar-refractivity contribution in [3.8, 4) is 0 Å². The number of rotatable bonds is 19. The van der Waals surface area contributed by atoms with Gasteiger partial charge in [0.2, 0.25) is 0 Å². The molecular formula is C20H42O2S. The Bertz CT molecular complexity index is 244. The van der Waals surface area contributed by atoms with Crippen LogP contribution in [0.1, 0.15) is 117 Å². The largest absolute Gasteiger partial charge is 0.291 e. The third kappa shape index (κ3) is 20.1. The summed E-state index contributed by atoms with van der Waals surface area (Å²) in [7, 11) is 0. The molecule has 0 aliphatic carbocycles. The van der Waals surface area contributed by atoms with E-state index < -0.39 is 11.1 Å². The van der Waals surface area contributed by atoms with Gasteiger partial charge in [0, 0.05) is 5.75 Å². The molecule has 1 atom stereocenters. The van der Waals surface area contributed by atoms with Crippen LogP contribution in [0, 0.1) is 0 Å². The highest BCUT2D eigenvalue weighted by molar-refractivity contribution is 7.80. The van der Waals surface area contributed by atoms with Crippen molar-refractivity contribution in [2.45, 2.75) is 117 Å². The maximum Gasteiger partial charge on any atom is 0.155 e. The average Bonchev–Trinajstić information content (AvgIpc) is 2.54. The molecule has 140 valence electrons. The van der Waals surface area contributed by atoms with E-state index in [-0.39, 0.29) is 0 Å². The van der Waals surface area contributed by atoms with E-state index in [0.29, 0.717) is 12.4 Å². The second-order valence-corrected chi connectivity index (χ2v) is 7.97. The number of hydrogen-bond donors (Lipinski definition) is 0. The summed E-state index contributed by atoms with van der Waals surface area (Å²) in [5.41, 5.74) is 0. The molecule has 0 radical (unpaired) electrons. The van der Waals surface area contributed by atoms with Crippen molar-refractivity contribution < 1.29 is 8.39 Å². The maximum absolute atomic E-state index is 11.3. The monoisotopic (exact) mass is 346 g/mol. The highest BCUT2D eigenvalue weighted by atomic mass is 32.2. The number of unbranched alkanes of at least 4 members (excludes halogenated alkanes) is 15. The van der Waals surface area contributed by atoms with Gasteiger partial charge in [-0.3, -0.25) is 4.18 Å². The standard InChI is InChI=1S/C20H42O2S/c1-3-5-6-7-8-9-10-11-12-13-14-15-16-17-18-19-20-23(21)22-4-2/h3-20H2,1-2H3. The lowest BCUT2D eigenvalue weighted by atomic mass is 10.0. The van der Waals surface area contributed by atoms with Crippen LogP contribution in [0.15, 0.2) is 0 Å². The van der Waals surface area contributed by atoms with Crippen molar-refractivity contribution >= 4 is 11.1 Å². The van der Waals surface area contributed by atoms with Crippen molar-refractivity contribution in [2.75, 3.05) is 12.4 Å². The first-order chi connectivity index (χ1) is 11.3. The van der Waals surface area contributed by atoms with Gasteiger partial charge >= 0.3 is 0 Å². The van der Waals surface area contributed by atoms with Gasteiger partial charge in [-0.05, 0) is 13.3 Å². The highest BCUT2D eigenvalue weighted by Crippen LogP contribution is 2.13. The summed E-state index contributed by atoms with van der Waals surface area (Å²) in [6, 6.07) is 0. The third-order valence-corrected chi connectivity index (χ3v) is 5.53. The Hall–Kier alpha value is 0.110. The molecule has 0 aromatic rings. The van der Waals surface area contributed by atoms with E-state index in [9.17, 15) is 4.21 Å². The van der Waals surface area contributed by atoms with Crippen LogP contribution in [0.4, 0.5) is 0 Å². The lowest BCUT2D eigenvalue weighted by Gasteiger charge is -2.04. The molecule has 1 unspecified atom stereocenters. The Labute approximate surface area is 148 Å². The molecule has 3 heteroatoms. The van der Waals surface area contributed by atoms with E-state index in [1.54, 1.807) is 0 Å². The van der Waals surface area contributed by atoms with Crippen LogP contribution < -0.4 is 0 Å². The molecule has 0 spiro atoms. The summed E-state index contributed by atoms with van der Waals surface area (Å²) in [5.74, 6) is 0.715. The minimum atomic E-state index is -1.04. The predicted molar refractivity (Wildman–Crippen MR) is 104 cm³/mol. The smallest absolute Gasteiger partial charge is 0.155 e. The van der Waals surface area contributed by atoms with Crippen LogP contribution in [0.2, 0.25) is 0 Å². The first-order valence-electron chi connectivity index (χ1n) is 10.3. The molecule has 0 aromatic heterocycles. The van der Waals surface area contributed by atoms with Gasteiger partial charge in [0.05, 0.1) is 6.61 Å². The van der Waals surface area contributed by atoms with Crippen molar-refractivity contribution in [1.29, 1.82) is 0 Å². The lowest BCUT2D eigenvalue weighted by molar-refractivity contribution is 0.370. The summed E-state index contributed by atoms with van der Waals surface area (Å²) in [6.45, 7) is 4.74. The zero-order valence-electron chi connectivity index (χ0n) is 16.0. The van der Waals surface area contributed by atoms with Crippen LogP contribution in [0.25, 0.3) is 0 Å². The fourth-order valence-electron chi connectivity index (χ4n) is 2.96. The van der Waals surface area contributed by atoms with Crippen LogP contribution in [-0.4, -0.2) is 16.6 Å². The van der Waals surface area contributed by atoms with Crippen molar-refractivity contribution in [3.63, 3.8) is 0 Å². The highest BCUT2D eigenvalue weighted by Gasteiger charge is 1.98. The minimum Gasteiger partial charge on any atom is -0.291 e. The van der Waals surface area contributed by atoms with Crippen LogP contribution in [-0.2, 0) is 15.3 Å². The van der Waals surface area contributed by atoms with E-state index >= 15 is 0 Å². The summed E-state index contributed by atoms with van der Waals surface area (Å²) in [4.78, 5) is 0. The molecule has 2 nitrogen and oxygen atoms in total. The van der Waals surface area contributed by atoms with Gasteiger partial charge in [-0.2, -0.15) is 0 Å². The second kappa shape index (κ2) is 20.2. The first kappa shape index (κ1) is 23.1. The molecule has 0 saturated heterocycles. The van der Waals surface area contributed by atoms with Crippen molar-refractivity contribution in [2.24, 2.45) is 0 Å². The SMILES string of the molecule is CCCCCCCCCCCCCCCCCCS(=O)OCC. The van der Waals surface area contributed by atoms with Crippen LogP contribution >= 0.6 is 0 Å². The van der Waals surface area contributed by atoms with Crippen molar-refractivity contribution in [1.82, 2.24) is 0 Å². The number of hydrogen-bond acceptors (Lipinski definition) is 2. The van der Waals surface area contributed by atoms with E-state index in [1.807, 2.05) is 6.92 Å². The normalized spacial score (nSPS) is 12.6. The molecule has 23 heavy (non-hydrogen) atoms. The molecule has 0 aliphatic rings. The zero-order chi connectivity index (χ0) is 17.0. The molecule has 0 amide bonds. The molecule has 0 rings (SSSR count). The topological polar surface area (TPSA) is 26.3 Å². The fourth-order valence-corrected chi connectivity index (χ4v) is 3.78. The minimum absolute atomic E-state index is 0.561. The van der Waals surface area contributed by atoms with Crippen LogP contribution in [0.3, 0.4) is 0 Å². The molecule has 0 heterocycles. The van der Waals surface area contributed by atoms with Gasteiger partial charge in [0.15, 0.2) is 11.1 Å². The molecular weight excluding hydrogens is 304 g/mol. The molecule has 0 saturated carbocycles. The Balaban J connectivity index is 3.01. The van der Waals surface area contributed by atoms with Gasteiger partial charge in [0.25, 0.3) is 0 Å². The quantitative estimate of drug-likeness (QED) is 0.237. The molecule has 0 aromatic carbocycles. The second-order valence-electron chi connectivity index (χ2n) is 6.72. The van der Waals surface area contributed by atoms with Crippen LogP contribution in [0.5, 0.6) is 0 Å². The fraction of sp³-hybridized carbons (Fsp3) is 1.00. The molecule has 0 N–H and O–H groups in total. The first-order valence-corrected chi connectivity index (χ1v) is 11.6. The van der Waals surface area contributed by atoms with E-state index in [0.717, 1.165) is 6.42 Å². The zero-order valence-corrected chi connectivity index (χ0v) is 16.8. The summed E-state index contributed by atoms with van der Waals surface area (Å²) in [6.07, 6.45) is 22.0. The van der Waals surface area contributed by atoms with E-state index in [4.69, 9.17) is 4.18 Å². The molecule has 0 fully saturated rings. The summed E-state index contributed by atoms with van der Waals surface area (Å²) >= 11 is -1.04. The van der Waals surface area contributed by atoms with E-state index in [2.05, 4.69) is 6.92 Å². The van der Waals surface area contributed by atoms with Gasteiger partial charge < -0.3 is 0 Å². The Morgan fingerprint density at radius 1 is 0.565 bits per heavy atom. The van der Waals surface area contributed by atoms with Gasteiger partial charge in [0.1, 0.15) is 0 Å². The third-order valence-electron chi connectivity index (χ3n) is 4.41. The predicted octanol–water partition coefficient (Wildman–Crippen LogP) is 6.95. The Kier molecular flexibility index (Phi) is 20.3. The van der Waals surface area contributed by atoms with Crippen molar-refractivity contribution in [3.05, 3.63) is 0 Å². The summed E-state index contributed by atoms with van der Waals surface area (Å²) in [5, 5.41) is 0. The Morgan fingerprint density at radius 2 is 0.913 bits per heavy atom. The van der Waals surface area contributed by atoms with Gasteiger partial charge in [-0.15, -0.1) is 0 Å². The average molecular weight is 347 g/mol. The lowest BCUT2D eigenvalue weighted by Crippen LogP contribution is -2.01. The Morgan fingerprint density at radius 3 is 1.26 bits per heavy atom. The van der Waals surface area contributed by atoms with Gasteiger partial charge in [-0.25, -0.2) is 4.21 Å². The van der Waals surface area contributed by atoms with Gasteiger partial charge in [-0.1, -0.05) is 103 Å². The maximum atomic E-state index is 11.3. The molecule has 0 aliphatic heterocycles. The molecule has 0 bridgehead atoms.